The van der Waals surface area contributed by atoms with Gasteiger partial charge in [0.1, 0.15) is 0 Å². The molecule has 0 aromatic heterocycles. The summed E-state index contributed by atoms with van der Waals surface area (Å²) in [6, 6.07) is 0. The van der Waals surface area contributed by atoms with E-state index in [-0.39, 0.29) is 6.10 Å². The van der Waals surface area contributed by atoms with E-state index in [0.29, 0.717) is 5.25 Å². The monoisotopic (exact) mass is 184 g/mol. The van der Waals surface area contributed by atoms with E-state index in [2.05, 4.69) is 0 Å². The van der Waals surface area contributed by atoms with Crippen molar-refractivity contribution in [2.45, 2.75) is 39.0 Å². The molecule has 0 saturated heterocycles. The Hall–Kier alpha value is 0.460. The summed E-state index contributed by atoms with van der Waals surface area (Å²) in [5.74, 6) is 0. The molecule has 0 rings (SSSR count). The fourth-order valence-corrected chi connectivity index (χ4v) is 3.05. The molecule has 0 aliphatic rings. The molecular weight excluding hydrogens is 168 g/mol. The second-order valence-electron chi connectivity index (χ2n) is 2.60. The first-order valence-electron chi connectivity index (χ1n) is 3.37. The molecule has 0 aliphatic heterocycles. The molecule has 0 radical (unpaired) electrons. The van der Waals surface area contributed by atoms with E-state index in [1.54, 1.807) is 0 Å². The van der Waals surface area contributed by atoms with Gasteiger partial charge in [0, 0.05) is 5.25 Å². The first-order valence-corrected chi connectivity index (χ1v) is 6.22. The lowest BCUT2D eigenvalue weighted by atomic mass is 10.5. The minimum Gasteiger partial charge on any atom is -0.293 e. The van der Waals surface area contributed by atoms with Crippen LogP contribution in [0.2, 0.25) is 0 Å². The molecule has 0 N–H and O–H groups in total. The maximum atomic E-state index is 11.0. The van der Waals surface area contributed by atoms with Crippen molar-refractivity contribution in [2.24, 2.45) is 0 Å². The van der Waals surface area contributed by atoms with Crippen LogP contribution in [-0.2, 0) is 24.1 Å². The predicted molar refractivity (Wildman–Crippen MR) is 49.7 cm³/mol. The van der Waals surface area contributed by atoms with Crippen LogP contribution in [0, 0.1) is 0 Å². The molecule has 4 heteroatoms. The van der Waals surface area contributed by atoms with Gasteiger partial charge in [0.2, 0.25) is 0 Å². The lowest BCUT2D eigenvalue weighted by Crippen LogP contribution is -2.03. The zero-order valence-corrected chi connectivity index (χ0v) is 8.65. The minimum absolute atomic E-state index is 0.0786. The normalized spacial score (nSPS) is 15.8. The highest BCUT2D eigenvalue weighted by Gasteiger charge is 1.91. The Labute approximate surface area is 67.8 Å². The molecule has 0 saturated carbocycles. The summed E-state index contributed by atoms with van der Waals surface area (Å²) in [6.45, 7) is 7.84. The Morgan fingerprint density at radius 2 is 1.80 bits per heavy atom. The number of hydrogen-bond donors (Lipinski definition) is 2. The van der Waals surface area contributed by atoms with Crippen LogP contribution in [0.3, 0.4) is 0 Å². The predicted octanol–water partition coefficient (Wildman–Crippen LogP) is 0.946. The third kappa shape index (κ3) is 6.58. The highest BCUT2D eigenvalue weighted by Crippen LogP contribution is 1.90. The molecule has 0 fully saturated rings. The number of thiol groups is 2. The topological polar surface area (TPSA) is 26.3 Å². The van der Waals surface area contributed by atoms with E-state index in [0.717, 1.165) is 10.3 Å². The minimum atomic E-state index is -1.44. The maximum Gasteiger partial charge on any atom is 0.0923 e. The lowest BCUT2D eigenvalue weighted by Gasteiger charge is -2.01. The van der Waals surface area contributed by atoms with Gasteiger partial charge in [-0.3, -0.25) is 4.18 Å². The van der Waals surface area contributed by atoms with Crippen LogP contribution in [-0.4, -0.2) is 15.6 Å². The van der Waals surface area contributed by atoms with E-state index in [1.165, 1.54) is 0 Å². The molecular formula is C6H16O2S2. The highest BCUT2D eigenvalue weighted by atomic mass is 32.8. The first kappa shape index (κ1) is 10.5. The van der Waals surface area contributed by atoms with Crippen LogP contribution in [0.15, 0.2) is 0 Å². The van der Waals surface area contributed by atoms with E-state index < -0.39 is 9.64 Å². The van der Waals surface area contributed by atoms with Crippen molar-refractivity contribution >= 4 is 20.0 Å². The SMILES string of the molecule is CC(C)O/[SH](=O)=[SH]/C(C)C. The van der Waals surface area contributed by atoms with Crippen LogP contribution < -0.4 is 0 Å². The lowest BCUT2D eigenvalue weighted by molar-refractivity contribution is 0.277. The standard InChI is InChI=1S/C6H16O2S2/c1-5(2)8-10(7)9-6(3)4/h5-6,9-10H,1-4H3. The van der Waals surface area contributed by atoms with Crippen LogP contribution >= 0.6 is 0 Å². The van der Waals surface area contributed by atoms with Gasteiger partial charge < -0.3 is 0 Å². The number of rotatable bonds is 3. The molecule has 0 aromatic rings. The molecule has 10 heavy (non-hydrogen) atoms. The van der Waals surface area contributed by atoms with E-state index >= 15 is 0 Å². The van der Waals surface area contributed by atoms with Crippen molar-refractivity contribution in [3.05, 3.63) is 0 Å². The Morgan fingerprint density at radius 1 is 1.30 bits per heavy atom. The van der Waals surface area contributed by atoms with Gasteiger partial charge in [-0.25, -0.2) is 4.21 Å². The summed E-state index contributed by atoms with van der Waals surface area (Å²) in [7, 11) is -0.531. The summed E-state index contributed by atoms with van der Waals surface area (Å²) in [5.41, 5.74) is 0. The molecule has 0 amide bonds. The Morgan fingerprint density at radius 3 is 2.10 bits per heavy atom. The van der Waals surface area contributed by atoms with Gasteiger partial charge in [0.15, 0.2) is 0 Å². The smallest absolute Gasteiger partial charge is 0.0923 e. The molecule has 0 aliphatic carbocycles. The molecule has 64 valence electrons. The van der Waals surface area contributed by atoms with Gasteiger partial charge in [0.25, 0.3) is 0 Å². The van der Waals surface area contributed by atoms with Crippen molar-refractivity contribution in [3.63, 3.8) is 0 Å². The fraction of sp³-hybridized carbons (Fsp3) is 1.00. The second kappa shape index (κ2) is 5.16. The average molecular weight is 184 g/mol. The van der Waals surface area contributed by atoms with Gasteiger partial charge in [-0.1, -0.05) is 13.8 Å². The Balaban J connectivity index is 3.84. The average Bonchev–Trinajstić information content (AvgIpc) is 1.58. The largest absolute Gasteiger partial charge is 0.293 e. The number of hydrogen-bond acceptors (Lipinski definition) is 2. The van der Waals surface area contributed by atoms with Gasteiger partial charge >= 0.3 is 0 Å². The molecule has 0 heterocycles. The van der Waals surface area contributed by atoms with Gasteiger partial charge in [-0.2, -0.15) is 0 Å². The van der Waals surface area contributed by atoms with E-state index in [4.69, 9.17) is 4.18 Å². The van der Waals surface area contributed by atoms with E-state index in [9.17, 15) is 4.21 Å². The van der Waals surface area contributed by atoms with Crippen molar-refractivity contribution in [2.75, 3.05) is 0 Å². The van der Waals surface area contributed by atoms with Crippen molar-refractivity contribution in [1.82, 2.24) is 0 Å². The Bertz CT molecular complexity index is 157. The third-order valence-electron chi connectivity index (χ3n) is 0.626. The second-order valence-corrected chi connectivity index (χ2v) is 6.22. The highest BCUT2D eigenvalue weighted by molar-refractivity contribution is 8.27. The van der Waals surface area contributed by atoms with Crippen LogP contribution in [0.1, 0.15) is 27.7 Å². The molecule has 0 bridgehead atoms. The van der Waals surface area contributed by atoms with Crippen molar-refractivity contribution in [1.29, 1.82) is 0 Å². The van der Waals surface area contributed by atoms with E-state index in [1.807, 2.05) is 27.7 Å². The molecule has 1 atom stereocenters. The third-order valence-corrected chi connectivity index (χ3v) is 4.11. The van der Waals surface area contributed by atoms with Gasteiger partial charge in [-0.15, -0.1) is 10.3 Å². The molecule has 2 nitrogen and oxygen atoms in total. The Kier molecular flexibility index (Phi) is 5.39. The van der Waals surface area contributed by atoms with Crippen LogP contribution in [0.5, 0.6) is 0 Å². The zero-order valence-electron chi connectivity index (χ0n) is 6.87. The fourth-order valence-electron chi connectivity index (χ4n) is 0.396. The summed E-state index contributed by atoms with van der Waals surface area (Å²) in [6.07, 6.45) is 0.0786. The summed E-state index contributed by atoms with van der Waals surface area (Å²) in [5, 5.41) is 0.433. The van der Waals surface area contributed by atoms with Crippen molar-refractivity contribution < 1.29 is 8.39 Å². The van der Waals surface area contributed by atoms with Gasteiger partial charge in [-0.05, 0) is 13.8 Å². The maximum absolute atomic E-state index is 11.0. The zero-order chi connectivity index (χ0) is 8.15. The summed E-state index contributed by atoms with van der Waals surface area (Å²) in [4.78, 5) is 0. The first-order chi connectivity index (χ1) is 4.52. The van der Waals surface area contributed by atoms with Crippen LogP contribution in [0.25, 0.3) is 0 Å². The van der Waals surface area contributed by atoms with Crippen molar-refractivity contribution in [3.8, 4) is 0 Å². The molecule has 0 aromatic carbocycles. The molecule has 1 unspecified atom stereocenters. The summed E-state index contributed by atoms with van der Waals surface area (Å²) < 4.78 is 16.0. The summed E-state index contributed by atoms with van der Waals surface area (Å²) >= 11 is 0. The van der Waals surface area contributed by atoms with Gasteiger partial charge in [0.05, 0.1) is 15.7 Å². The van der Waals surface area contributed by atoms with Crippen LogP contribution in [0.4, 0.5) is 0 Å². The molecule has 0 spiro atoms. The quantitative estimate of drug-likeness (QED) is 0.639.